The number of rotatable bonds is 6. The average molecular weight is 200 g/mol. The van der Waals surface area contributed by atoms with Crippen LogP contribution in [0.5, 0.6) is 0 Å². The minimum Gasteiger partial charge on any atom is -0.211 e. The van der Waals surface area contributed by atoms with Crippen molar-refractivity contribution < 1.29 is 9.59 Å². The molecule has 2 atom stereocenters. The van der Waals surface area contributed by atoms with E-state index in [9.17, 15) is 9.59 Å². The Morgan fingerprint density at radius 1 is 1.08 bits per heavy atom. The maximum Gasteiger partial charge on any atom is 0.236 e. The molecule has 0 N–H and O–H groups in total. The summed E-state index contributed by atoms with van der Waals surface area (Å²) in [5.74, 6) is 0. The van der Waals surface area contributed by atoms with Crippen molar-refractivity contribution in [3.05, 3.63) is 0 Å². The molecule has 0 radical (unpaired) electrons. The summed E-state index contributed by atoms with van der Waals surface area (Å²) in [6, 6.07) is 0. The van der Waals surface area contributed by atoms with E-state index in [1.807, 2.05) is 13.8 Å². The lowest BCUT2D eigenvalue weighted by Gasteiger charge is -2.11. The predicted octanol–water partition coefficient (Wildman–Crippen LogP) is 1.86. The first-order valence-corrected chi connectivity index (χ1v) is 5.02. The molecule has 13 heavy (non-hydrogen) atoms. The minimum atomic E-state index is -0.153. The fourth-order valence-electron chi connectivity index (χ4n) is 0.735. The third kappa shape index (κ3) is 5.36. The largest absolute Gasteiger partial charge is 0.236 e. The molecular formula is C8H12N2O2S. The molecule has 5 heteroatoms. The standard InChI is InChI=1S/C8H12N2O2S/c1-3-7(9-5-11)13-8(4-2)10-6-12/h7-8H,3-4H2,1-2H3. The van der Waals surface area contributed by atoms with Crippen LogP contribution in [0.2, 0.25) is 0 Å². The van der Waals surface area contributed by atoms with Crippen LogP contribution in [0.3, 0.4) is 0 Å². The molecule has 0 spiro atoms. The maximum atomic E-state index is 9.99. The van der Waals surface area contributed by atoms with Gasteiger partial charge in [0, 0.05) is 0 Å². The number of isocyanates is 2. The molecule has 0 heterocycles. The molecule has 0 amide bonds. The molecule has 0 aromatic carbocycles. The van der Waals surface area contributed by atoms with Crippen LogP contribution in [-0.2, 0) is 9.59 Å². The summed E-state index contributed by atoms with van der Waals surface area (Å²) in [7, 11) is 0. The van der Waals surface area contributed by atoms with Crippen LogP contribution >= 0.6 is 11.8 Å². The van der Waals surface area contributed by atoms with Gasteiger partial charge in [-0.1, -0.05) is 13.8 Å². The Balaban J connectivity index is 4.17. The Hall–Kier alpha value is -0.890. The van der Waals surface area contributed by atoms with Crippen molar-refractivity contribution in [2.75, 3.05) is 0 Å². The second-order valence-corrected chi connectivity index (χ2v) is 3.66. The summed E-state index contributed by atoms with van der Waals surface area (Å²) < 4.78 is 0. The molecular weight excluding hydrogens is 188 g/mol. The molecule has 0 aromatic heterocycles. The fraction of sp³-hybridized carbons (Fsp3) is 0.750. The first kappa shape index (κ1) is 12.1. The van der Waals surface area contributed by atoms with E-state index in [4.69, 9.17) is 0 Å². The van der Waals surface area contributed by atoms with E-state index in [-0.39, 0.29) is 10.7 Å². The summed E-state index contributed by atoms with van der Waals surface area (Å²) in [5, 5.41) is -0.306. The normalized spacial score (nSPS) is 13.7. The van der Waals surface area contributed by atoms with Gasteiger partial charge in [0.2, 0.25) is 12.2 Å². The zero-order valence-corrected chi connectivity index (χ0v) is 8.50. The summed E-state index contributed by atoms with van der Waals surface area (Å²) in [5.41, 5.74) is 0. The van der Waals surface area contributed by atoms with E-state index in [1.54, 1.807) is 0 Å². The molecule has 4 nitrogen and oxygen atoms in total. The third-order valence-corrected chi connectivity index (χ3v) is 2.91. The molecule has 0 aromatic rings. The van der Waals surface area contributed by atoms with Crippen molar-refractivity contribution >= 4 is 23.9 Å². The van der Waals surface area contributed by atoms with Crippen LogP contribution in [0.4, 0.5) is 0 Å². The van der Waals surface area contributed by atoms with Crippen molar-refractivity contribution in [3.8, 4) is 0 Å². The number of carbonyl (C=O) groups excluding carboxylic acids is 2. The van der Waals surface area contributed by atoms with Gasteiger partial charge in [-0.15, -0.1) is 11.8 Å². The molecule has 0 aliphatic rings. The van der Waals surface area contributed by atoms with E-state index in [2.05, 4.69) is 9.98 Å². The first-order valence-electron chi connectivity index (χ1n) is 4.07. The van der Waals surface area contributed by atoms with Gasteiger partial charge in [0.1, 0.15) is 10.7 Å². The van der Waals surface area contributed by atoms with Crippen LogP contribution in [0, 0.1) is 0 Å². The highest BCUT2D eigenvalue weighted by Gasteiger charge is 2.12. The lowest BCUT2D eigenvalue weighted by atomic mass is 10.5. The Bertz CT molecular complexity index is 208. The minimum absolute atomic E-state index is 0.153. The zero-order chi connectivity index (χ0) is 10.1. The second-order valence-electron chi connectivity index (χ2n) is 2.30. The molecule has 72 valence electrons. The number of thioether (sulfide) groups is 1. The van der Waals surface area contributed by atoms with Gasteiger partial charge in [0.05, 0.1) is 0 Å². The van der Waals surface area contributed by atoms with Crippen molar-refractivity contribution in [2.45, 2.75) is 37.4 Å². The lowest BCUT2D eigenvalue weighted by molar-refractivity contribution is 0.561. The zero-order valence-electron chi connectivity index (χ0n) is 7.69. The predicted molar refractivity (Wildman–Crippen MR) is 52.0 cm³/mol. The number of aliphatic imine (C=N–C) groups is 2. The summed E-state index contributed by atoms with van der Waals surface area (Å²) in [6.45, 7) is 3.83. The van der Waals surface area contributed by atoms with Gasteiger partial charge in [-0.3, -0.25) is 0 Å². The van der Waals surface area contributed by atoms with E-state index in [0.717, 1.165) is 12.8 Å². The number of hydrogen-bond donors (Lipinski definition) is 0. The molecule has 0 fully saturated rings. The van der Waals surface area contributed by atoms with Crippen LogP contribution in [0.25, 0.3) is 0 Å². The van der Waals surface area contributed by atoms with Gasteiger partial charge in [0.15, 0.2) is 0 Å². The fourth-order valence-corrected chi connectivity index (χ4v) is 1.69. The summed E-state index contributed by atoms with van der Waals surface area (Å²) in [6.07, 6.45) is 4.46. The number of nitrogens with zero attached hydrogens (tertiary/aromatic N) is 2. The van der Waals surface area contributed by atoms with Crippen LogP contribution in [0.15, 0.2) is 9.98 Å². The second kappa shape index (κ2) is 7.74. The molecule has 2 unspecified atom stereocenters. The van der Waals surface area contributed by atoms with E-state index in [1.165, 1.54) is 23.9 Å². The Morgan fingerprint density at radius 2 is 1.46 bits per heavy atom. The van der Waals surface area contributed by atoms with Crippen molar-refractivity contribution in [2.24, 2.45) is 9.98 Å². The third-order valence-electron chi connectivity index (χ3n) is 1.41. The van der Waals surface area contributed by atoms with Crippen LogP contribution in [-0.4, -0.2) is 22.9 Å². The highest BCUT2D eigenvalue weighted by Crippen LogP contribution is 2.23. The molecule has 0 saturated heterocycles. The Kier molecular flexibility index (Phi) is 7.21. The van der Waals surface area contributed by atoms with Gasteiger partial charge in [-0.05, 0) is 12.8 Å². The average Bonchev–Trinajstić information content (AvgIpc) is 2.16. The van der Waals surface area contributed by atoms with Gasteiger partial charge in [-0.2, -0.15) is 9.98 Å². The smallest absolute Gasteiger partial charge is 0.211 e. The van der Waals surface area contributed by atoms with Crippen molar-refractivity contribution in [1.29, 1.82) is 0 Å². The van der Waals surface area contributed by atoms with Gasteiger partial charge in [0.25, 0.3) is 0 Å². The molecule has 0 rings (SSSR count). The first-order chi connectivity index (χ1) is 6.28. The van der Waals surface area contributed by atoms with Crippen LogP contribution in [0.1, 0.15) is 26.7 Å². The maximum absolute atomic E-state index is 9.99. The summed E-state index contributed by atoms with van der Waals surface area (Å²) in [4.78, 5) is 27.1. The topological polar surface area (TPSA) is 58.9 Å². The SMILES string of the molecule is CCC(N=C=O)SC(CC)N=C=O. The Labute approximate surface area is 81.5 Å². The molecule has 0 bridgehead atoms. The highest BCUT2D eigenvalue weighted by molar-refractivity contribution is 8.00. The number of hydrogen-bond acceptors (Lipinski definition) is 5. The Morgan fingerprint density at radius 3 is 1.69 bits per heavy atom. The van der Waals surface area contributed by atoms with E-state index < -0.39 is 0 Å². The quantitative estimate of drug-likeness (QED) is 0.485. The summed E-state index contributed by atoms with van der Waals surface area (Å²) >= 11 is 1.38. The highest BCUT2D eigenvalue weighted by atomic mass is 32.2. The van der Waals surface area contributed by atoms with Crippen LogP contribution < -0.4 is 0 Å². The molecule has 0 saturated carbocycles. The van der Waals surface area contributed by atoms with Gasteiger partial charge in [-0.25, -0.2) is 9.59 Å². The van der Waals surface area contributed by atoms with Crippen molar-refractivity contribution in [3.63, 3.8) is 0 Å². The van der Waals surface area contributed by atoms with E-state index >= 15 is 0 Å². The van der Waals surface area contributed by atoms with Gasteiger partial charge < -0.3 is 0 Å². The van der Waals surface area contributed by atoms with Crippen molar-refractivity contribution in [1.82, 2.24) is 0 Å². The molecule has 0 aliphatic carbocycles. The molecule has 0 aliphatic heterocycles. The monoisotopic (exact) mass is 200 g/mol. The van der Waals surface area contributed by atoms with Gasteiger partial charge >= 0.3 is 0 Å². The van der Waals surface area contributed by atoms with E-state index in [0.29, 0.717) is 0 Å². The lowest BCUT2D eigenvalue weighted by Crippen LogP contribution is -2.05.